The average molecular weight is 277 g/mol. The summed E-state index contributed by atoms with van der Waals surface area (Å²) in [5, 5.41) is 8.35. The Morgan fingerprint density at radius 2 is 2.18 bits per heavy atom. The standard InChI is InChI=1S/C10H10ClFN2O2S/c1-14(6-2-5-13)17(15,16)10-7-8(12)3-4-9(10)11/h3-4,7H,2,6H2,1H3. The highest BCUT2D eigenvalue weighted by molar-refractivity contribution is 7.89. The summed E-state index contributed by atoms with van der Waals surface area (Å²) in [6, 6.07) is 4.96. The molecule has 0 unspecified atom stereocenters. The highest BCUT2D eigenvalue weighted by atomic mass is 35.5. The van der Waals surface area contributed by atoms with Crippen LogP contribution in [-0.4, -0.2) is 26.3 Å². The molecule has 92 valence electrons. The zero-order chi connectivity index (χ0) is 13.1. The Labute approximate surface area is 104 Å². The van der Waals surface area contributed by atoms with E-state index in [1.165, 1.54) is 13.1 Å². The molecule has 17 heavy (non-hydrogen) atoms. The van der Waals surface area contributed by atoms with Gasteiger partial charge >= 0.3 is 0 Å². The summed E-state index contributed by atoms with van der Waals surface area (Å²) in [5.41, 5.74) is 0. The molecule has 0 amide bonds. The molecule has 0 radical (unpaired) electrons. The van der Waals surface area contributed by atoms with Gasteiger partial charge in [-0.15, -0.1) is 0 Å². The normalized spacial score (nSPS) is 11.5. The van der Waals surface area contributed by atoms with Crippen molar-refractivity contribution >= 4 is 21.6 Å². The summed E-state index contributed by atoms with van der Waals surface area (Å²) in [4.78, 5) is -0.292. The van der Waals surface area contributed by atoms with E-state index < -0.39 is 15.8 Å². The van der Waals surface area contributed by atoms with Crippen LogP contribution in [0, 0.1) is 17.1 Å². The molecule has 0 spiro atoms. The minimum atomic E-state index is -3.85. The Morgan fingerprint density at radius 3 is 2.76 bits per heavy atom. The molecule has 0 aliphatic carbocycles. The Kier molecular flexibility index (Phi) is 4.46. The van der Waals surface area contributed by atoms with E-state index in [-0.39, 0.29) is 22.9 Å². The molecule has 0 saturated carbocycles. The first kappa shape index (κ1) is 13.9. The lowest BCUT2D eigenvalue weighted by atomic mass is 10.3. The summed E-state index contributed by atoms with van der Waals surface area (Å²) in [7, 11) is -2.54. The lowest BCUT2D eigenvalue weighted by Crippen LogP contribution is -2.28. The van der Waals surface area contributed by atoms with Gasteiger partial charge in [0.05, 0.1) is 11.1 Å². The third kappa shape index (κ3) is 3.16. The van der Waals surface area contributed by atoms with Crippen molar-refractivity contribution in [3.8, 4) is 6.07 Å². The monoisotopic (exact) mass is 276 g/mol. The van der Waals surface area contributed by atoms with Crippen LogP contribution in [0.25, 0.3) is 0 Å². The van der Waals surface area contributed by atoms with Crippen molar-refractivity contribution in [3.05, 3.63) is 29.0 Å². The van der Waals surface area contributed by atoms with Crippen LogP contribution in [-0.2, 0) is 10.0 Å². The summed E-state index contributed by atoms with van der Waals surface area (Å²) >= 11 is 5.72. The first-order chi connectivity index (χ1) is 7.89. The van der Waals surface area contributed by atoms with Crippen molar-refractivity contribution < 1.29 is 12.8 Å². The predicted octanol–water partition coefficient (Wildman–Crippen LogP) is 2.01. The third-order valence-electron chi connectivity index (χ3n) is 2.12. The first-order valence-corrected chi connectivity index (χ1v) is 6.49. The molecule has 0 saturated heterocycles. The molecular weight excluding hydrogens is 267 g/mol. The SMILES string of the molecule is CN(CCC#N)S(=O)(=O)c1cc(F)ccc1Cl. The van der Waals surface area contributed by atoms with E-state index >= 15 is 0 Å². The van der Waals surface area contributed by atoms with Crippen molar-refractivity contribution in [2.75, 3.05) is 13.6 Å². The van der Waals surface area contributed by atoms with Crippen molar-refractivity contribution in [3.63, 3.8) is 0 Å². The van der Waals surface area contributed by atoms with Crippen LogP contribution < -0.4 is 0 Å². The Hall–Kier alpha value is -1.16. The second kappa shape index (κ2) is 5.45. The number of nitrogens with zero attached hydrogens (tertiary/aromatic N) is 2. The number of sulfonamides is 1. The zero-order valence-electron chi connectivity index (χ0n) is 9.02. The second-order valence-corrected chi connectivity index (χ2v) is 5.73. The summed E-state index contributed by atoms with van der Waals surface area (Å²) in [6.45, 7) is 0.0334. The lowest BCUT2D eigenvalue weighted by Gasteiger charge is -2.16. The summed E-state index contributed by atoms with van der Waals surface area (Å²) in [6.07, 6.45) is 0.0582. The fraction of sp³-hybridized carbons (Fsp3) is 0.300. The molecule has 1 aromatic rings. The van der Waals surface area contributed by atoms with Gasteiger partial charge in [-0.25, -0.2) is 12.8 Å². The predicted molar refractivity (Wildman–Crippen MR) is 61.5 cm³/mol. The molecule has 0 atom stereocenters. The third-order valence-corrected chi connectivity index (χ3v) is 4.46. The van der Waals surface area contributed by atoms with Crippen LogP contribution in [0.15, 0.2) is 23.1 Å². The molecule has 4 nitrogen and oxygen atoms in total. The van der Waals surface area contributed by atoms with Crippen molar-refractivity contribution in [1.29, 1.82) is 5.26 Å². The molecule has 7 heteroatoms. The van der Waals surface area contributed by atoms with Gasteiger partial charge in [-0.2, -0.15) is 9.57 Å². The Balaban J connectivity index is 3.13. The van der Waals surface area contributed by atoms with Crippen LogP contribution in [0.4, 0.5) is 4.39 Å². The van der Waals surface area contributed by atoms with E-state index in [2.05, 4.69) is 0 Å². The van der Waals surface area contributed by atoms with Gasteiger partial charge in [-0.05, 0) is 18.2 Å². The van der Waals surface area contributed by atoms with Gasteiger partial charge in [0.1, 0.15) is 10.7 Å². The van der Waals surface area contributed by atoms with E-state index in [9.17, 15) is 12.8 Å². The van der Waals surface area contributed by atoms with Gasteiger partial charge in [-0.1, -0.05) is 11.6 Å². The Bertz CT molecular complexity index is 554. The number of rotatable bonds is 4. The highest BCUT2D eigenvalue weighted by Gasteiger charge is 2.23. The smallest absolute Gasteiger partial charge is 0.207 e. The van der Waals surface area contributed by atoms with Crippen LogP contribution in [0.2, 0.25) is 5.02 Å². The number of halogens is 2. The molecule has 1 aromatic carbocycles. The van der Waals surface area contributed by atoms with Gasteiger partial charge in [0.25, 0.3) is 0 Å². The maximum absolute atomic E-state index is 13.0. The summed E-state index contributed by atoms with van der Waals surface area (Å²) in [5.74, 6) is -0.679. The van der Waals surface area contributed by atoms with Gasteiger partial charge in [0.2, 0.25) is 10.0 Å². The molecule has 0 N–H and O–H groups in total. The molecule has 1 rings (SSSR count). The van der Waals surface area contributed by atoms with Gasteiger partial charge in [0, 0.05) is 20.0 Å². The molecule has 0 aliphatic rings. The topological polar surface area (TPSA) is 61.2 Å². The number of hydrogen-bond donors (Lipinski definition) is 0. The van der Waals surface area contributed by atoms with Crippen LogP contribution in [0.5, 0.6) is 0 Å². The zero-order valence-corrected chi connectivity index (χ0v) is 10.6. The van der Waals surface area contributed by atoms with Crippen LogP contribution >= 0.6 is 11.6 Å². The summed E-state index contributed by atoms with van der Waals surface area (Å²) < 4.78 is 37.9. The van der Waals surface area contributed by atoms with E-state index in [1.54, 1.807) is 0 Å². The van der Waals surface area contributed by atoms with Gasteiger partial charge in [0.15, 0.2) is 0 Å². The molecule has 0 bridgehead atoms. The number of hydrogen-bond acceptors (Lipinski definition) is 3. The van der Waals surface area contributed by atoms with Crippen molar-refractivity contribution in [2.45, 2.75) is 11.3 Å². The van der Waals surface area contributed by atoms with Crippen molar-refractivity contribution in [1.82, 2.24) is 4.31 Å². The molecule has 0 heterocycles. The van der Waals surface area contributed by atoms with Crippen molar-refractivity contribution in [2.24, 2.45) is 0 Å². The number of benzene rings is 1. The largest absolute Gasteiger partial charge is 0.244 e. The van der Waals surface area contributed by atoms with E-state index in [1.807, 2.05) is 6.07 Å². The van der Waals surface area contributed by atoms with Crippen LogP contribution in [0.3, 0.4) is 0 Å². The first-order valence-electron chi connectivity index (χ1n) is 4.68. The maximum atomic E-state index is 13.0. The molecule has 0 aliphatic heterocycles. The minimum Gasteiger partial charge on any atom is -0.207 e. The molecular formula is C10H10ClFN2O2S. The second-order valence-electron chi connectivity index (χ2n) is 3.31. The average Bonchev–Trinajstić information content (AvgIpc) is 2.28. The highest BCUT2D eigenvalue weighted by Crippen LogP contribution is 2.24. The molecule has 0 fully saturated rings. The lowest BCUT2D eigenvalue weighted by molar-refractivity contribution is 0.475. The fourth-order valence-corrected chi connectivity index (χ4v) is 2.82. The molecule has 0 aromatic heterocycles. The van der Waals surface area contributed by atoms with Gasteiger partial charge < -0.3 is 0 Å². The fourth-order valence-electron chi connectivity index (χ4n) is 1.17. The Morgan fingerprint density at radius 1 is 1.53 bits per heavy atom. The van der Waals surface area contributed by atoms with E-state index in [4.69, 9.17) is 16.9 Å². The maximum Gasteiger partial charge on any atom is 0.244 e. The minimum absolute atomic E-state index is 0.0334. The number of nitriles is 1. The van der Waals surface area contributed by atoms with E-state index in [0.29, 0.717) is 0 Å². The van der Waals surface area contributed by atoms with Gasteiger partial charge in [-0.3, -0.25) is 0 Å². The quantitative estimate of drug-likeness (QED) is 0.845. The van der Waals surface area contributed by atoms with Crippen LogP contribution in [0.1, 0.15) is 6.42 Å². The van der Waals surface area contributed by atoms with E-state index in [0.717, 1.165) is 16.4 Å².